The SMILES string of the molecule is CSc1ccc(N2C=CCNC2)cc1. The largest absolute Gasteiger partial charge is 0.335 e. The van der Waals surface area contributed by atoms with Gasteiger partial charge in [0.2, 0.25) is 0 Å². The maximum absolute atomic E-state index is 3.30. The Morgan fingerprint density at radius 3 is 2.64 bits per heavy atom. The minimum atomic E-state index is 0.898. The van der Waals surface area contributed by atoms with E-state index in [4.69, 9.17) is 0 Å². The van der Waals surface area contributed by atoms with E-state index in [1.54, 1.807) is 11.8 Å². The van der Waals surface area contributed by atoms with Gasteiger partial charge >= 0.3 is 0 Å². The molecule has 0 saturated heterocycles. The Morgan fingerprint density at radius 1 is 1.29 bits per heavy atom. The number of hydrogen-bond acceptors (Lipinski definition) is 3. The number of anilines is 1. The van der Waals surface area contributed by atoms with E-state index in [2.05, 4.69) is 53.0 Å². The highest BCUT2D eigenvalue weighted by molar-refractivity contribution is 7.98. The molecule has 0 amide bonds. The normalized spacial score (nSPS) is 15.9. The van der Waals surface area contributed by atoms with Crippen LogP contribution in [0.3, 0.4) is 0 Å². The van der Waals surface area contributed by atoms with Gasteiger partial charge < -0.3 is 4.90 Å². The van der Waals surface area contributed by atoms with Crippen LogP contribution < -0.4 is 10.2 Å². The highest BCUT2D eigenvalue weighted by Crippen LogP contribution is 2.20. The number of nitrogens with one attached hydrogen (secondary N) is 1. The van der Waals surface area contributed by atoms with E-state index in [0.29, 0.717) is 0 Å². The van der Waals surface area contributed by atoms with Crippen LogP contribution in [0.15, 0.2) is 41.4 Å². The lowest BCUT2D eigenvalue weighted by Crippen LogP contribution is -2.34. The van der Waals surface area contributed by atoms with Crippen LogP contribution in [-0.2, 0) is 0 Å². The van der Waals surface area contributed by atoms with Crippen LogP contribution in [0.5, 0.6) is 0 Å². The van der Waals surface area contributed by atoms with Gasteiger partial charge in [0, 0.05) is 23.3 Å². The minimum Gasteiger partial charge on any atom is -0.335 e. The van der Waals surface area contributed by atoms with Crippen molar-refractivity contribution in [2.24, 2.45) is 0 Å². The van der Waals surface area contributed by atoms with Gasteiger partial charge in [0.05, 0.1) is 6.67 Å². The van der Waals surface area contributed by atoms with Crippen LogP contribution in [0.2, 0.25) is 0 Å². The Balaban J connectivity index is 2.15. The lowest BCUT2D eigenvalue weighted by Gasteiger charge is -2.24. The fourth-order valence-corrected chi connectivity index (χ4v) is 1.86. The standard InChI is InChI=1S/C11H14N2S/c1-14-11-5-3-10(4-6-11)13-8-2-7-12-9-13/h2-6,8,12H,7,9H2,1H3. The lowest BCUT2D eigenvalue weighted by atomic mass is 10.3. The number of thioether (sulfide) groups is 1. The smallest absolute Gasteiger partial charge is 0.0728 e. The molecule has 0 aliphatic carbocycles. The van der Waals surface area contributed by atoms with Crippen molar-refractivity contribution in [1.82, 2.24) is 5.32 Å². The molecule has 0 unspecified atom stereocenters. The van der Waals surface area contributed by atoms with Gasteiger partial charge in [0.1, 0.15) is 0 Å². The summed E-state index contributed by atoms with van der Waals surface area (Å²) in [6, 6.07) is 8.62. The molecule has 0 spiro atoms. The molecule has 2 nitrogen and oxygen atoms in total. The first-order valence-electron chi connectivity index (χ1n) is 4.68. The van der Waals surface area contributed by atoms with Gasteiger partial charge in [-0.2, -0.15) is 0 Å². The predicted octanol–water partition coefficient (Wildman–Crippen LogP) is 2.29. The van der Waals surface area contributed by atoms with Gasteiger partial charge in [-0.15, -0.1) is 11.8 Å². The summed E-state index contributed by atoms with van der Waals surface area (Å²) < 4.78 is 0. The Hall–Kier alpha value is -0.930. The Morgan fingerprint density at radius 2 is 2.07 bits per heavy atom. The third-order valence-corrected chi connectivity index (χ3v) is 2.98. The summed E-state index contributed by atoms with van der Waals surface area (Å²) in [6.45, 7) is 1.87. The fourth-order valence-electron chi connectivity index (χ4n) is 1.45. The van der Waals surface area contributed by atoms with E-state index in [1.165, 1.54) is 10.6 Å². The van der Waals surface area contributed by atoms with Crippen LogP contribution >= 0.6 is 11.8 Å². The third-order valence-electron chi connectivity index (χ3n) is 2.23. The molecule has 0 fully saturated rings. The molecule has 2 rings (SSSR count). The van der Waals surface area contributed by atoms with E-state index in [1.807, 2.05) is 0 Å². The van der Waals surface area contributed by atoms with Gasteiger partial charge in [-0.1, -0.05) is 6.08 Å². The van der Waals surface area contributed by atoms with Crippen LogP contribution in [0.4, 0.5) is 5.69 Å². The molecule has 14 heavy (non-hydrogen) atoms. The maximum Gasteiger partial charge on any atom is 0.0728 e. The highest BCUT2D eigenvalue weighted by Gasteiger charge is 2.04. The maximum atomic E-state index is 3.30. The van der Waals surface area contributed by atoms with Gasteiger partial charge in [0.25, 0.3) is 0 Å². The zero-order chi connectivity index (χ0) is 9.80. The molecule has 3 heteroatoms. The second kappa shape index (κ2) is 4.53. The number of hydrogen-bond donors (Lipinski definition) is 1. The molecule has 0 bridgehead atoms. The predicted molar refractivity (Wildman–Crippen MR) is 62.7 cm³/mol. The first kappa shape index (κ1) is 9.62. The summed E-state index contributed by atoms with van der Waals surface area (Å²) in [6.07, 6.45) is 6.36. The summed E-state index contributed by atoms with van der Waals surface area (Å²) in [5, 5.41) is 3.30. The molecule has 1 heterocycles. The van der Waals surface area contributed by atoms with Crippen molar-refractivity contribution in [3.8, 4) is 0 Å². The second-order valence-corrected chi connectivity index (χ2v) is 4.04. The van der Waals surface area contributed by atoms with E-state index in [0.717, 1.165) is 13.2 Å². The molecule has 74 valence electrons. The first-order valence-corrected chi connectivity index (χ1v) is 5.91. The average molecular weight is 206 g/mol. The Labute approximate surface area is 89.0 Å². The first-order chi connectivity index (χ1) is 6.90. The Bertz CT molecular complexity index is 319. The average Bonchev–Trinajstić information content (AvgIpc) is 2.30. The minimum absolute atomic E-state index is 0.898. The third kappa shape index (κ3) is 2.11. The van der Waals surface area contributed by atoms with E-state index >= 15 is 0 Å². The molecule has 0 aromatic heterocycles. The molecule has 0 saturated carbocycles. The number of rotatable bonds is 2. The summed E-state index contributed by atoms with van der Waals surface area (Å²) >= 11 is 1.77. The van der Waals surface area contributed by atoms with E-state index in [-0.39, 0.29) is 0 Å². The molecule has 0 atom stereocenters. The zero-order valence-electron chi connectivity index (χ0n) is 8.23. The highest BCUT2D eigenvalue weighted by atomic mass is 32.2. The molecule has 1 N–H and O–H groups in total. The van der Waals surface area contributed by atoms with Crippen molar-refractivity contribution in [1.29, 1.82) is 0 Å². The fraction of sp³-hybridized carbons (Fsp3) is 0.273. The summed E-state index contributed by atoms with van der Waals surface area (Å²) in [5.41, 5.74) is 1.24. The van der Waals surface area contributed by atoms with Crippen molar-refractivity contribution in [3.63, 3.8) is 0 Å². The molecule has 1 aromatic carbocycles. The van der Waals surface area contributed by atoms with E-state index < -0.39 is 0 Å². The molecule has 1 aliphatic heterocycles. The Kier molecular flexibility index (Phi) is 3.11. The van der Waals surface area contributed by atoms with Crippen molar-refractivity contribution in [2.75, 3.05) is 24.4 Å². The number of nitrogens with zero attached hydrogens (tertiary/aromatic N) is 1. The molecular weight excluding hydrogens is 192 g/mol. The lowest BCUT2D eigenvalue weighted by molar-refractivity contribution is 0.721. The molecule has 0 radical (unpaired) electrons. The van der Waals surface area contributed by atoms with Crippen LogP contribution in [-0.4, -0.2) is 19.5 Å². The summed E-state index contributed by atoms with van der Waals surface area (Å²) in [7, 11) is 0. The van der Waals surface area contributed by atoms with E-state index in [9.17, 15) is 0 Å². The quantitative estimate of drug-likeness (QED) is 0.747. The number of benzene rings is 1. The van der Waals surface area contributed by atoms with Crippen LogP contribution in [0.1, 0.15) is 0 Å². The van der Waals surface area contributed by atoms with Crippen molar-refractivity contribution in [3.05, 3.63) is 36.5 Å². The topological polar surface area (TPSA) is 15.3 Å². The van der Waals surface area contributed by atoms with Crippen molar-refractivity contribution >= 4 is 17.4 Å². The van der Waals surface area contributed by atoms with Gasteiger partial charge in [-0.25, -0.2) is 0 Å². The van der Waals surface area contributed by atoms with Gasteiger partial charge in [-0.3, -0.25) is 5.32 Å². The summed E-state index contributed by atoms with van der Waals surface area (Å²) in [5.74, 6) is 0. The van der Waals surface area contributed by atoms with Gasteiger partial charge in [0.15, 0.2) is 0 Å². The summed E-state index contributed by atoms with van der Waals surface area (Å²) in [4.78, 5) is 3.51. The zero-order valence-corrected chi connectivity index (χ0v) is 9.05. The second-order valence-electron chi connectivity index (χ2n) is 3.16. The molecule has 1 aromatic rings. The van der Waals surface area contributed by atoms with Crippen molar-refractivity contribution in [2.45, 2.75) is 4.90 Å². The molecule has 1 aliphatic rings. The van der Waals surface area contributed by atoms with Gasteiger partial charge in [-0.05, 0) is 30.5 Å². The van der Waals surface area contributed by atoms with Crippen molar-refractivity contribution < 1.29 is 0 Å². The monoisotopic (exact) mass is 206 g/mol. The molecular formula is C11H14N2S. The van der Waals surface area contributed by atoms with Crippen LogP contribution in [0, 0.1) is 0 Å². The van der Waals surface area contributed by atoms with Crippen LogP contribution in [0.25, 0.3) is 0 Å².